The number of benzene rings is 1. The molecule has 0 atom stereocenters. The molecule has 7 nitrogen and oxygen atoms in total. The highest BCUT2D eigenvalue weighted by molar-refractivity contribution is 5.80. The van der Waals surface area contributed by atoms with Crippen molar-refractivity contribution in [3.8, 4) is 11.5 Å². The van der Waals surface area contributed by atoms with E-state index in [1.807, 2.05) is 6.07 Å². The summed E-state index contributed by atoms with van der Waals surface area (Å²) in [5.74, 6) is 2.47. The van der Waals surface area contributed by atoms with Crippen LogP contribution in [-0.4, -0.2) is 48.4 Å². The summed E-state index contributed by atoms with van der Waals surface area (Å²) in [4.78, 5) is 7.01. The Morgan fingerprint density at radius 3 is 2.68 bits per heavy atom. The summed E-state index contributed by atoms with van der Waals surface area (Å²) in [5.41, 5.74) is 3.55. The van der Waals surface area contributed by atoms with Gasteiger partial charge in [0.1, 0.15) is 0 Å². The second-order valence-electron chi connectivity index (χ2n) is 5.90. The molecule has 0 bridgehead atoms. The minimum atomic E-state index is 0.581. The Labute approximate surface area is 148 Å². The smallest absolute Gasteiger partial charge is 0.194 e. The van der Waals surface area contributed by atoms with Gasteiger partial charge < -0.3 is 19.7 Å². The lowest BCUT2D eigenvalue weighted by molar-refractivity contribution is 0.346. The van der Waals surface area contributed by atoms with Crippen LogP contribution in [0.5, 0.6) is 11.5 Å². The zero-order valence-corrected chi connectivity index (χ0v) is 15.0. The summed E-state index contributed by atoms with van der Waals surface area (Å²) >= 11 is 0. The summed E-state index contributed by atoms with van der Waals surface area (Å²) in [6.07, 6.45) is 2.69. The number of ether oxygens (including phenoxy) is 2. The second-order valence-corrected chi connectivity index (χ2v) is 5.90. The van der Waals surface area contributed by atoms with Crippen molar-refractivity contribution in [3.05, 3.63) is 41.2 Å². The van der Waals surface area contributed by atoms with Gasteiger partial charge in [-0.25, -0.2) is 4.99 Å². The Morgan fingerprint density at radius 1 is 1.28 bits per heavy atom. The van der Waals surface area contributed by atoms with E-state index in [4.69, 9.17) is 14.5 Å². The van der Waals surface area contributed by atoms with Crippen LogP contribution in [-0.2, 0) is 19.5 Å². The Bertz CT molecular complexity index is 727. The zero-order chi connectivity index (χ0) is 17.6. The van der Waals surface area contributed by atoms with Crippen LogP contribution < -0.4 is 14.8 Å². The molecule has 1 aliphatic rings. The van der Waals surface area contributed by atoms with Crippen molar-refractivity contribution in [2.75, 3.05) is 27.3 Å². The van der Waals surface area contributed by atoms with Crippen molar-refractivity contribution < 1.29 is 9.47 Å². The number of rotatable bonds is 5. The molecular formula is C18H25N5O2. The predicted molar refractivity (Wildman–Crippen MR) is 97.1 cm³/mol. The van der Waals surface area contributed by atoms with Crippen LogP contribution >= 0.6 is 0 Å². The van der Waals surface area contributed by atoms with Gasteiger partial charge in [0.05, 0.1) is 26.5 Å². The fraction of sp³-hybridized carbons (Fsp3) is 0.444. The maximum Gasteiger partial charge on any atom is 0.194 e. The number of H-pyrrole nitrogens is 1. The number of aliphatic imine (C=N–C) groups is 1. The molecule has 7 heteroatoms. The van der Waals surface area contributed by atoms with E-state index in [1.165, 1.54) is 11.1 Å². The number of methoxy groups -OCH3 is 2. The van der Waals surface area contributed by atoms with Crippen molar-refractivity contribution in [1.82, 2.24) is 20.4 Å². The maximum atomic E-state index is 5.44. The molecule has 25 heavy (non-hydrogen) atoms. The average molecular weight is 343 g/mol. The van der Waals surface area contributed by atoms with Gasteiger partial charge in [-0.15, -0.1) is 0 Å². The standard InChI is InChI=1S/C18H25N5O2/c1-4-19-18(20-11-15-5-7-21-22-15)23-8-6-13-9-16(24-2)17(25-3)10-14(13)12-23/h5,7,9-10H,4,6,8,11-12H2,1-3H3,(H,19,20)(H,21,22). The fourth-order valence-electron chi connectivity index (χ4n) is 3.02. The zero-order valence-electron chi connectivity index (χ0n) is 15.0. The minimum absolute atomic E-state index is 0.581. The van der Waals surface area contributed by atoms with Gasteiger partial charge in [0.15, 0.2) is 17.5 Å². The van der Waals surface area contributed by atoms with E-state index in [0.717, 1.165) is 49.2 Å². The summed E-state index contributed by atoms with van der Waals surface area (Å²) in [5, 5.41) is 10.3. The fourth-order valence-corrected chi connectivity index (χ4v) is 3.02. The van der Waals surface area contributed by atoms with Crippen molar-refractivity contribution in [2.45, 2.75) is 26.4 Å². The van der Waals surface area contributed by atoms with Crippen molar-refractivity contribution in [2.24, 2.45) is 4.99 Å². The van der Waals surface area contributed by atoms with Gasteiger partial charge in [0.25, 0.3) is 0 Å². The predicted octanol–water partition coefficient (Wildman–Crippen LogP) is 1.95. The molecule has 1 aromatic carbocycles. The third kappa shape index (κ3) is 3.87. The van der Waals surface area contributed by atoms with Gasteiger partial charge >= 0.3 is 0 Å². The Kier molecular flexibility index (Phi) is 5.42. The normalized spacial score (nSPS) is 14.2. The summed E-state index contributed by atoms with van der Waals surface area (Å²) in [6, 6.07) is 6.09. The number of nitrogens with one attached hydrogen (secondary N) is 2. The number of nitrogens with zero attached hydrogens (tertiary/aromatic N) is 3. The highest BCUT2D eigenvalue weighted by Gasteiger charge is 2.21. The molecule has 0 saturated heterocycles. The molecular weight excluding hydrogens is 318 g/mol. The molecule has 2 heterocycles. The molecule has 3 rings (SSSR count). The van der Waals surface area contributed by atoms with Crippen molar-refractivity contribution in [3.63, 3.8) is 0 Å². The summed E-state index contributed by atoms with van der Waals surface area (Å²) in [6.45, 7) is 5.20. The molecule has 0 spiro atoms. The van der Waals surface area contributed by atoms with Crippen LogP contribution in [0.1, 0.15) is 23.7 Å². The van der Waals surface area contributed by atoms with Crippen LogP contribution in [0.25, 0.3) is 0 Å². The van der Waals surface area contributed by atoms with Crippen LogP contribution in [0.2, 0.25) is 0 Å². The van der Waals surface area contributed by atoms with E-state index in [2.05, 4.69) is 39.5 Å². The van der Waals surface area contributed by atoms with E-state index in [-0.39, 0.29) is 0 Å². The van der Waals surface area contributed by atoms with Crippen LogP contribution in [0.15, 0.2) is 29.4 Å². The van der Waals surface area contributed by atoms with E-state index in [1.54, 1.807) is 20.4 Å². The number of guanidine groups is 1. The second kappa shape index (κ2) is 7.92. The first-order valence-corrected chi connectivity index (χ1v) is 8.50. The Balaban J connectivity index is 1.80. The molecule has 0 amide bonds. The molecule has 0 saturated carbocycles. The molecule has 2 aromatic rings. The van der Waals surface area contributed by atoms with Crippen molar-refractivity contribution >= 4 is 5.96 Å². The third-order valence-corrected chi connectivity index (χ3v) is 4.31. The molecule has 0 unspecified atom stereocenters. The molecule has 0 fully saturated rings. The number of hydrogen-bond donors (Lipinski definition) is 2. The van der Waals surface area contributed by atoms with Gasteiger partial charge in [0.2, 0.25) is 0 Å². The lowest BCUT2D eigenvalue weighted by atomic mass is 9.99. The SMILES string of the molecule is CCNC(=NCc1ccn[nH]1)N1CCc2cc(OC)c(OC)cc2C1. The Hall–Kier alpha value is -2.70. The maximum absolute atomic E-state index is 5.44. The average Bonchev–Trinajstić information content (AvgIpc) is 3.17. The molecule has 1 aliphatic heterocycles. The summed E-state index contributed by atoms with van der Waals surface area (Å²) < 4.78 is 10.9. The summed E-state index contributed by atoms with van der Waals surface area (Å²) in [7, 11) is 3.34. The highest BCUT2D eigenvalue weighted by atomic mass is 16.5. The molecule has 134 valence electrons. The lowest BCUT2D eigenvalue weighted by Crippen LogP contribution is -2.44. The van der Waals surface area contributed by atoms with E-state index in [0.29, 0.717) is 6.54 Å². The Morgan fingerprint density at radius 2 is 2.04 bits per heavy atom. The van der Waals surface area contributed by atoms with Crippen LogP contribution in [0, 0.1) is 0 Å². The monoisotopic (exact) mass is 343 g/mol. The first-order valence-electron chi connectivity index (χ1n) is 8.50. The number of aromatic amines is 1. The first-order chi connectivity index (χ1) is 12.2. The lowest BCUT2D eigenvalue weighted by Gasteiger charge is -2.32. The van der Waals surface area contributed by atoms with E-state index < -0.39 is 0 Å². The molecule has 0 radical (unpaired) electrons. The van der Waals surface area contributed by atoms with Crippen LogP contribution in [0.4, 0.5) is 0 Å². The minimum Gasteiger partial charge on any atom is -0.493 e. The van der Waals surface area contributed by atoms with Crippen LogP contribution in [0.3, 0.4) is 0 Å². The number of fused-ring (bicyclic) bond motifs is 1. The van der Waals surface area contributed by atoms with E-state index in [9.17, 15) is 0 Å². The first kappa shape index (κ1) is 17.1. The number of hydrogen-bond acceptors (Lipinski definition) is 4. The van der Waals surface area contributed by atoms with Gasteiger partial charge in [-0.3, -0.25) is 5.10 Å². The molecule has 1 aromatic heterocycles. The number of aromatic nitrogens is 2. The topological polar surface area (TPSA) is 74.8 Å². The van der Waals surface area contributed by atoms with Gasteiger partial charge in [-0.1, -0.05) is 0 Å². The highest BCUT2D eigenvalue weighted by Crippen LogP contribution is 2.33. The van der Waals surface area contributed by atoms with Gasteiger partial charge in [-0.2, -0.15) is 5.10 Å². The van der Waals surface area contributed by atoms with E-state index >= 15 is 0 Å². The quantitative estimate of drug-likeness (QED) is 0.641. The molecule has 0 aliphatic carbocycles. The third-order valence-electron chi connectivity index (χ3n) is 4.31. The largest absolute Gasteiger partial charge is 0.493 e. The van der Waals surface area contributed by atoms with Gasteiger partial charge in [0, 0.05) is 25.8 Å². The van der Waals surface area contributed by atoms with Crippen molar-refractivity contribution in [1.29, 1.82) is 0 Å². The molecule has 2 N–H and O–H groups in total. The van der Waals surface area contributed by atoms with Gasteiger partial charge in [-0.05, 0) is 42.7 Å².